The molecule has 7 nitrogen and oxygen atoms in total. The van der Waals surface area contributed by atoms with E-state index in [1.54, 1.807) is 47.1 Å². The Kier molecular flexibility index (Phi) is 6.66. The second-order valence-corrected chi connectivity index (χ2v) is 7.73. The van der Waals surface area contributed by atoms with Crippen molar-refractivity contribution in [3.8, 4) is 0 Å². The Morgan fingerprint density at radius 3 is 2.62 bits per heavy atom. The zero-order chi connectivity index (χ0) is 20.8. The van der Waals surface area contributed by atoms with Gasteiger partial charge in [0.1, 0.15) is 6.33 Å². The van der Waals surface area contributed by atoms with Gasteiger partial charge in [0.05, 0.1) is 5.75 Å². The maximum absolute atomic E-state index is 12.8. The van der Waals surface area contributed by atoms with E-state index in [4.69, 9.17) is 0 Å². The molecule has 8 heteroatoms. The molecule has 0 aliphatic heterocycles. The number of benzene rings is 2. The van der Waals surface area contributed by atoms with Crippen molar-refractivity contribution in [3.05, 3.63) is 71.5 Å². The molecular weight excluding hydrogens is 386 g/mol. The van der Waals surface area contributed by atoms with Gasteiger partial charge in [-0.2, -0.15) is 0 Å². The number of amides is 2. The topological polar surface area (TPSA) is 80.1 Å². The van der Waals surface area contributed by atoms with Gasteiger partial charge in [-0.15, -0.1) is 10.2 Å². The first-order valence-electron chi connectivity index (χ1n) is 9.10. The highest BCUT2D eigenvalue weighted by molar-refractivity contribution is 7.99. The Labute approximate surface area is 174 Å². The van der Waals surface area contributed by atoms with Crippen LogP contribution in [0.25, 0.3) is 0 Å². The maximum Gasteiger partial charge on any atom is 0.253 e. The monoisotopic (exact) mass is 409 g/mol. The van der Waals surface area contributed by atoms with E-state index < -0.39 is 0 Å². The van der Waals surface area contributed by atoms with Crippen LogP contribution in [0.4, 0.5) is 5.69 Å². The highest BCUT2D eigenvalue weighted by Gasteiger charge is 2.14. The number of thioether (sulfide) groups is 1. The van der Waals surface area contributed by atoms with Gasteiger partial charge in [0.2, 0.25) is 5.91 Å². The van der Waals surface area contributed by atoms with E-state index in [0.717, 1.165) is 5.56 Å². The second-order valence-electron chi connectivity index (χ2n) is 6.79. The summed E-state index contributed by atoms with van der Waals surface area (Å²) in [6.07, 6.45) is 1.59. The van der Waals surface area contributed by atoms with Crippen molar-refractivity contribution >= 4 is 29.3 Å². The predicted octanol–water partition coefficient (Wildman–Crippen LogP) is 3.13. The maximum atomic E-state index is 12.8. The van der Waals surface area contributed by atoms with Gasteiger partial charge in [-0.1, -0.05) is 47.7 Å². The first-order chi connectivity index (χ1) is 13.9. The summed E-state index contributed by atoms with van der Waals surface area (Å²) in [4.78, 5) is 26.6. The highest BCUT2D eigenvalue weighted by Crippen LogP contribution is 2.17. The quantitative estimate of drug-likeness (QED) is 0.607. The Morgan fingerprint density at radius 2 is 1.93 bits per heavy atom. The van der Waals surface area contributed by atoms with Crippen LogP contribution in [-0.4, -0.2) is 44.3 Å². The molecule has 3 rings (SSSR count). The van der Waals surface area contributed by atoms with Crippen LogP contribution in [0.3, 0.4) is 0 Å². The van der Waals surface area contributed by atoms with Crippen LogP contribution in [-0.2, 0) is 18.4 Å². The zero-order valence-corrected chi connectivity index (χ0v) is 17.4. The molecule has 0 fully saturated rings. The number of rotatable bonds is 7. The number of hydrogen-bond donors (Lipinski definition) is 1. The molecule has 1 N–H and O–H groups in total. The predicted molar refractivity (Wildman–Crippen MR) is 114 cm³/mol. The molecule has 0 aliphatic rings. The average Bonchev–Trinajstić information content (AvgIpc) is 3.12. The van der Waals surface area contributed by atoms with Crippen molar-refractivity contribution in [3.63, 3.8) is 0 Å². The molecule has 0 saturated heterocycles. The molecule has 1 heterocycles. The molecular formula is C21H23N5O2S. The van der Waals surface area contributed by atoms with Crippen molar-refractivity contribution in [2.75, 3.05) is 18.1 Å². The van der Waals surface area contributed by atoms with Crippen LogP contribution in [0.5, 0.6) is 0 Å². The Morgan fingerprint density at radius 1 is 1.17 bits per heavy atom. The third-order valence-corrected chi connectivity index (χ3v) is 5.32. The van der Waals surface area contributed by atoms with Gasteiger partial charge in [-0.25, -0.2) is 0 Å². The van der Waals surface area contributed by atoms with Crippen molar-refractivity contribution in [1.82, 2.24) is 19.7 Å². The van der Waals surface area contributed by atoms with Gasteiger partial charge in [0, 0.05) is 31.9 Å². The normalized spacial score (nSPS) is 10.6. The number of aromatic nitrogens is 3. The third-order valence-electron chi connectivity index (χ3n) is 4.28. The minimum Gasteiger partial charge on any atom is -0.337 e. The lowest BCUT2D eigenvalue weighted by atomic mass is 10.1. The molecule has 2 amide bonds. The number of carbonyl (C=O) groups is 2. The molecule has 2 aromatic carbocycles. The van der Waals surface area contributed by atoms with Crippen LogP contribution in [0.2, 0.25) is 0 Å². The summed E-state index contributed by atoms with van der Waals surface area (Å²) in [6, 6.07) is 15.1. The standard InChI is InChI=1S/C21H23N5O2S/c1-15-7-9-16(10-8-15)12-25(2)20(28)17-5-4-6-18(11-17)23-19(27)13-29-21-24-22-14-26(21)3/h4-11,14H,12-13H2,1-3H3,(H,23,27). The summed E-state index contributed by atoms with van der Waals surface area (Å²) in [6.45, 7) is 2.55. The van der Waals surface area contributed by atoms with E-state index in [2.05, 4.69) is 15.5 Å². The second kappa shape index (κ2) is 9.38. The van der Waals surface area contributed by atoms with Crippen LogP contribution in [0.1, 0.15) is 21.5 Å². The zero-order valence-electron chi connectivity index (χ0n) is 16.6. The Hall–Kier alpha value is -3.13. The van der Waals surface area contributed by atoms with Crippen LogP contribution < -0.4 is 5.32 Å². The average molecular weight is 410 g/mol. The molecule has 0 spiro atoms. The van der Waals surface area contributed by atoms with E-state index in [-0.39, 0.29) is 17.6 Å². The molecule has 1 aromatic heterocycles. The van der Waals surface area contributed by atoms with Crippen molar-refractivity contribution in [2.24, 2.45) is 7.05 Å². The molecule has 150 valence electrons. The molecule has 0 aliphatic carbocycles. The SMILES string of the molecule is Cc1ccc(CN(C)C(=O)c2cccc(NC(=O)CSc3nncn3C)c2)cc1. The number of hydrogen-bond acceptors (Lipinski definition) is 5. The van der Waals surface area contributed by atoms with E-state index in [1.165, 1.54) is 17.3 Å². The minimum atomic E-state index is -0.171. The summed E-state index contributed by atoms with van der Waals surface area (Å²) < 4.78 is 1.75. The van der Waals surface area contributed by atoms with E-state index in [0.29, 0.717) is 23.0 Å². The molecule has 0 atom stereocenters. The summed E-state index contributed by atoms with van der Waals surface area (Å²) in [7, 11) is 3.59. The fourth-order valence-corrected chi connectivity index (χ4v) is 3.41. The van der Waals surface area contributed by atoms with Gasteiger partial charge in [-0.3, -0.25) is 9.59 Å². The molecule has 0 bridgehead atoms. The largest absolute Gasteiger partial charge is 0.337 e. The molecule has 0 unspecified atom stereocenters. The van der Waals surface area contributed by atoms with Gasteiger partial charge in [-0.05, 0) is 30.7 Å². The van der Waals surface area contributed by atoms with Crippen LogP contribution in [0.15, 0.2) is 60.0 Å². The van der Waals surface area contributed by atoms with E-state index in [9.17, 15) is 9.59 Å². The van der Waals surface area contributed by atoms with Crippen molar-refractivity contribution in [2.45, 2.75) is 18.6 Å². The molecule has 0 saturated carbocycles. The fourth-order valence-electron chi connectivity index (χ4n) is 2.72. The summed E-state index contributed by atoms with van der Waals surface area (Å²) >= 11 is 1.30. The van der Waals surface area contributed by atoms with E-state index in [1.807, 2.05) is 38.2 Å². The lowest BCUT2D eigenvalue weighted by Crippen LogP contribution is -2.26. The van der Waals surface area contributed by atoms with Crippen LogP contribution in [0, 0.1) is 6.92 Å². The van der Waals surface area contributed by atoms with Gasteiger partial charge < -0.3 is 14.8 Å². The number of carbonyl (C=O) groups excluding carboxylic acids is 2. The smallest absolute Gasteiger partial charge is 0.253 e. The molecule has 0 radical (unpaired) electrons. The van der Waals surface area contributed by atoms with Gasteiger partial charge in [0.15, 0.2) is 5.16 Å². The van der Waals surface area contributed by atoms with Crippen molar-refractivity contribution in [1.29, 1.82) is 0 Å². The van der Waals surface area contributed by atoms with Crippen LogP contribution >= 0.6 is 11.8 Å². The summed E-state index contributed by atoms with van der Waals surface area (Å²) in [5.41, 5.74) is 3.36. The van der Waals surface area contributed by atoms with Gasteiger partial charge in [0.25, 0.3) is 5.91 Å². The molecule has 3 aromatic rings. The van der Waals surface area contributed by atoms with Crippen molar-refractivity contribution < 1.29 is 9.59 Å². The number of aryl methyl sites for hydroxylation is 2. The Balaban J connectivity index is 1.59. The third kappa shape index (κ3) is 5.68. The first-order valence-corrected chi connectivity index (χ1v) is 10.1. The minimum absolute atomic E-state index is 0.102. The molecule has 29 heavy (non-hydrogen) atoms. The number of anilines is 1. The highest BCUT2D eigenvalue weighted by atomic mass is 32.2. The van der Waals surface area contributed by atoms with Gasteiger partial charge >= 0.3 is 0 Å². The number of nitrogens with zero attached hydrogens (tertiary/aromatic N) is 4. The number of nitrogens with one attached hydrogen (secondary N) is 1. The fraction of sp³-hybridized carbons (Fsp3) is 0.238. The Bertz CT molecular complexity index is 1000. The van der Waals surface area contributed by atoms with E-state index >= 15 is 0 Å². The first kappa shape index (κ1) is 20.6. The lowest BCUT2D eigenvalue weighted by molar-refractivity contribution is -0.113. The lowest BCUT2D eigenvalue weighted by Gasteiger charge is -2.18. The summed E-state index contributed by atoms with van der Waals surface area (Å²) in [5.74, 6) is -0.0661. The summed E-state index contributed by atoms with van der Waals surface area (Å²) in [5, 5.41) is 11.2.